The SMILES string of the molecule is CN(C)CCON=C1C(c2c(O)[nH]c3cc(Br)ccc23)=Nc2ccc([N+](=O)[O-])cc21. The predicted molar refractivity (Wildman–Crippen MR) is 118 cm³/mol. The molecule has 0 atom stereocenters. The Labute approximate surface area is 179 Å². The van der Waals surface area contributed by atoms with Gasteiger partial charge in [-0.3, -0.25) is 10.1 Å². The van der Waals surface area contributed by atoms with Gasteiger partial charge in [-0.2, -0.15) is 0 Å². The van der Waals surface area contributed by atoms with Gasteiger partial charge in [0.25, 0.3) is 5.69 Å². The lowest BCUT2D eigenvalue weighted by Gasteiger charge is -2.09. The van der Waals surface area contributed by atoms with Crippen molar-refractivity contribution < 1.29 is 14.9 Å². The number of aromatic amines is 1. The van der Waals surface area contributed by atoms with Crippen molar-refractivity contribution in [1.82, 2.24) is 9.88 Å². The maximum absolute atomic E-state index is 11.3. The first-order valence-corrected chi connectivity index (χ1v) is 9.87. The number of aliphatic imine (C=N–C) groups is 1. The highest BCUT2D eigenvalue weighted by Crippen LogP contribution is 2.37. The van der Waals surface area contributed by atoms with Gasteiger partial charge in [0.15, 0.2) is 5.88 Å². The molecule has 0 aliphatic carbocycles. The van der Waals surface area contributed by atoms with Gasteiger partial charge in [0.2, 0.25) is 0 Å². The van der Waals surface area contributed by atoms with E-state index in [1.54, 1.807) is 6.07 Å². The number of nitro benzene ring substituents is 1. The summed E-state index contributed by atoms with van der Waals surface area (Å²) in [6.45, 7) is 0.984. The molecule has 0 radical (unpaired) electrons. The van der Waals surface area contributed by atoms with Gasteiger partial charge >= 0.3 is 0 Å². The zero-order chi connectivity index (χ0) is 21.4. The van der Waals surface area contributed by atoms with Crippen molar-refractivity contribution in [2.75, 3.05) is 27.2 Å². The summed E-state index contributed by atoms with van der Waals surface area (Å²) in [4.78, 5) is 25.8. The number of nitrogens with one attached hydrogen (secondary N) is 1. The molecule has 0 saturated carbocycles. The number of fused-ring (bicyclic) bond motifs is 2. The van der Waals surface area contributed by atoms with E-state index in [4.69, 9.17) is 4.84 Å². The zero-order valence-electron chi connectivity index (χ0n) is 16.2. The fourth-order valence-electron chi connectivity index (χ4n) is 3.22. The van der Waals surface area contributed by atoms with Gasteiger partial charge in [-0.05, 0) is 32.3 Å². The van der Waals surface area contributed by atoms with E-state index in [9.17, 15) is 15.2 Å². The van der Waals surface area contributed by atoms with E-state index in [2.05, 4.69) is 31.1 Å². The molecular formula is C20H18BrN5O4. The minimum Gasteiger partial charge on any atom is -0.494 e. The maximum Gasteiger partial charge on any atom is 0.270 e. The fourth-order valence-corrected chi connectivity index (χ4v) is 3.58. The lowest BCUT2D eigenvalue weighted by Crippen LogP contribution is -2.18. The number of hydrogen-bond acceptors (Lipinski definition) is 7. The molecule has 0 fully saturated rings. The normalized spacial score (nSPS) is 14.4. The number of non-ortho nitro benzene ring substituents is 1. The van der Waals surface area contributed by atoms with Gasteiger partial charge in [-0.15, -0.1) is 0 Å². The Balaban J connectivity index is 1.83. The van der Waals surface area contributed by atoms with Crippen LogP contribution >= 0.6 is 15.9 Å². The molecule has 154 valence electrons. The highest BCUT2D eigenvalue weighted by molar-refractivity contribution is 9.10. The Kier molecular flexibility index (Phi) is 5.27. The summed E-state index contributed by atoms with van der Waals surface area (Å²) in [5.41, 5.74) is 2.85. The first-order valence-electron chi connectivity index (χ1n) is 9.08. The molecule has 0 amide bonds. The summed E-state index contributed by atoms with van der Waals surface area (Å²) in [6.07, 6.45) is 0. The number of oxime groups is 1. The first kappa shape index (κ1) is 20.0. The first-order chi connectivity index (χ1) is 14.3. The summed E-state index contributed by atoms with van der Waals surface area (Å²) < 4.78 is 0.857. The van der Waals surface area contributed by atoms with Crippen molar-refractivity contribution in [2.24, 2.45) is 10.1 Å². The van der Waals surface area contributed by atoms with Crippen molar-refractivity contribution in [3.8, 4) is 5.88 Å². The molecule has 2 aromatic carbocycles. The molecule has 30 heavy (non-hydrogen) atoms. The molecular weight excluding hydrogens is 454 g/mol. The Morgan fingerprint density at radius 1 is 1.30 bits per heavy atom. The third-order valence-corrected chi connectivity index (χ3v) is 5.16. The summed E-state index contributed by atoms with van der Waals surface area (Å²) in [5.74, 6) is -0.0647. The second kappa shape index (κ2) is 7.88. The quantitative estimate of drug-likeness (QED) is 0.320. The van der Waals surface area contributed by atoms with Crippen LogP contribution in [0.25, 0.3) is 10.9 Å². The van der Waals surface area contributed by atoms with E-state index in [0.717, 1.165) is 15.4 Å². The number of benzene rings is 2. The monoisotopic (exact) mass is 471 g/mol. The van der Waals surface area contributed by atoms with Crippen LogP contribution in [0.1, 0.15) is 11.1 Å². The number of nitrogens with zero attached hydrogens (tertiary/aromatic N) is 4. The topological polar surface area (TPSA) is 116 Å². The molecule has 0 unspecified atom stereocenters. The van der Waals surface area contributed by atoms with E-state index in [1.807, 2.05) is 37.2 Å². The van der Waals surface area contributed by atoms with Crippen molar-refractivity contribution in [3.63, 3.8) is 0 Å². The van der Waals surface area contributed by atoms with Gasteiger partial charge in [0, 0.05) is 34.1 Å². The molecule has 4 rings (SSSR count). The zero-order valence-corrected chi connectivity index (χ0v) is 17.8. The van der Waals surface area contributed by atoms with E-state index < -0.39 is 4.92 Å². The van der Waals surface area contributed by atoms with E-state index in [-0.39, 0.29) is 11.6 Å². The smallest absolute Gasteiger partial charge is 0.270 e. The van der Waals surface area contributed by atoms with Crippen LogP contribution in [-0.2, 0) is 4.84 Å². The van der Waals surface area contributed by atoms with Crippen LogP contribution in [0.3, 0.4) is 0 Å². The summed E-state index contributed by atoms with van der Waals surface area (Å²) in [5, 5.41) is 26.9. The van der Waals surface area contributed by atoms with E-state index in [0.29, 0.717) is 41.4 Å². The van der Waals surface area contributed by atoms with Crippen molar-refractivity contribution >= 4 is 49.6 Å². The number of hydrogen-bond donors (Lipinski definition) is 2. The van der Waals surface area contributed by atoms with Crippen LogP contribution in [0.4, 0.5) is 11.4 Å². The minimum atomic E-state index is -0.469. The average molecular weight is 472 g/mol. The van der Waals surface area contributed by atoms with Gasteiger partial charge in [-0.1, -0.05) is 27.2 Å². The molecule has 9 nitrogen and oxygen atoms in total. The largest absolute Gasteiger partial charge is 0.494 e. The van der Waals surface area contributed by atoms with Crippen molar-refractivity contribution in [2.45, 2.75) is 0 Å². The van der Waals surface area contributed by atoms with E-state index >= 15 is 0 Å². The number of halogens is 1. The minimum absolute atomic E-state index is 0.0647. The third kappa shape index (κ3) is 3.66. The summed E-state index contributed by atoms with van der Waals surface area (Å²) >= 11 is 3.42. The molecule has 1 aliphatic heterocycles. The number of aromatic nitrogens is 1. The van der Waals surface area contributed by atoms with Crippen LogP contribution in [0, 0.1) is 10.1 Å². The van der Waals surface area contributed by atoms with E-state index in [1.165, 1.54) is 12.1 Å². The van der Waals surface area contributed by atoms with Gasteiger partial charge < -0.3 is 19.8 Å². The number of H-pyrrole nitrogens is 1. The van der Waals surface area contributed by atoms with Crippen molar-refractivity contribution in [1.29, 1.82) is 0 Å². The van der Waals surface area contributed by atoms with Crippen LogP contribution in [0.15, 0.2) is 51.0 Å². The highest BCUT2D eigenvalue weighted by atomic mass is 79.9. The number of likely N-dealkylation sites (N-methyl/N-ethyl adjacent to an activating group) is 1. The molecule has 1 aromatic heterocycles. The molecule has 0 bridgehead atoms. The second-order valence-corrected chi connectivity index (χ2v) is 7.95. The second-order valence-electron chi connectivity index (χ2n) is 7.03. The maximum atomic E-state index is 11.3. The third-order valence-electron chi connectivity index (χ3n) is 4.67. The van der Waals surface area contributed by atoms with Crippen molar-refractivity contribution in [3.05, 3.63) is 62.1 Å². The van der Waals surface area contributed by atoms with Gasteiger partial charge in [0.05, 0.1) is 21.7 Å². The van der Waals surface area contributed by atoms with Crippen LogP contribution in [0.2, 0.25) is 0 Å². The van der Waals surface area contributed by atoms with Gasteiger partial charge in [-0.25, -0.2) is 4.99 Å². The Morgan fingerprint density at radius 3 is 2.83 bits per heavy atom. The Bertz CT molecular complexity index is 1220. The molecule has 3 aromatic rings. The van der Waals surface area contributed by atoms with Gasteiger partial charge in [0.1, 0.15) is 18.0 Å². The molecule has 1 aliphatic rings. The lowest BCUT2D eigenvalue weighted by molar-refractivity contribution is -0.384. The molecule has 10 heteroatoms. The molecule has 2 heterocycles. The molecule has 0 saturated heterocycles. The lowest BCUT2D eigenvalue weighted by atomic mass is 10.0. The molecule has 2 N–H and O–H groups in total. The Morgan fingerprint density at radius 2 is 2.10 bits per heavy atom. The number of aromatic hydroxyl groups is 1. The Hall–Kier alpha value is -3.24. The molecule has 0 spiro atoms. The van der Waals surface area contributed by atoms with Crippen LogP contribution in [-0.4, -0.2) is 58.6 Å². The summed E-state index contributed by atoms with van der Waals surface area (Å²) in [6, 6.07) is 9.93. The number of rotatable bonds is 6. The predicted octanol–water partition coefficient (Wildman–Crippen LogP) is 3.96. The van der Waals surface area contributed by atoms with Crippen LogP contribution < -0.4 is 0 Å². The average Bonchev–Trinajstić information content (AvgIpc) is 3.20. The standard InChI is InChI=1S/C20H18BrN5O4/c1-25(2)7-8-30-24-18-14-10-12(26(28)29)4-6-15(14)22-19(18)17-13-5-3-11(21)9-16(13)23-20(17)27/h3-6,9-10,23,27H,7-8H2,1-2H3. The number of nitro groups is 1. The van der Waals surface area contributed by atoms with Crippen LogP contribution in [0.5, 0.6) is 5.88 Å². The fraction of sp³-hybridized carbons (Fsp3) is 0.200. The summed E-state index contributed by atoms with van der Waals surface area (Å²) in [7, 11) is 3.83. The highest BCUT2D eigenvalue weighted by Gasteiger charge is 2.31.